The standard InChI is InChI=1S/C27H32N2O4/c1-6-20-8-10-21(11-9-20)17-29-18(3)23(26(19(29)4)27(30)31)16-28-15-22-12-13-24(33-7-2)25(14-22)32-5/h6,8-14,28H,1,7,15-17H2,2-5H3,(H,30,31). The molecule has 0 fully saturated rings. The van der Waals surface area contributed by atoms with E-state index in [1.54, 1.807) is 7.11 Å². The number of ether oxygens (including phenoxy) is 2. The summed E-state index contributed by atoms with van der Waals surface area (Å²) in [7, 11) is 1.62. The molecule has 0 atom stereocenters. The van der Waals surface area contributed by atoms with Crippen LogP contribution in [0.25, 0.3) is 6.08 Å². The number of aromatic nitrogens is 1. The maximum Gasteiger partial charge on any atom is 0.337 e. The Bertz CT molecular complexity index is 1130. The van der Waals surface area contributed by atoms with Gasteiger partial charge in [0.1, 0.15) is 0 Å². The zero-order valence-electron chi connectivity index (χ0n) is 19.8. The number of hydrogen-bond acceptors (Lipinski definition) is 4. The molecule has 3 aromatic rings. The van der Waals surface area contributed by atoms with Crippen LogP contribution in [0.4, 0.5) is 0 Å². The number of nitrogens with zero attached hydrogens (tertiary/aromatic N) is 1. The Morgan fingerprint density at radius 1 is 1.06 bits per heavy atom. The normalized spacial score (nSPS) is 10.8. The first-order chi connectivity index (χ1) is 15.9. The molecule has 33 heavy (non-hydrogen) atoms. The van der Waals surface area contributed by atoms with Crippen LogP contribution in [0.5, 0.6) is 11.5 Å². The van der Waals surface area contributed by atoms with E-state index in [1.165, 1.54) is 0 Å². The zero-order chi connectivity index (χ0) is 24.0. The highest BCUT2D eigenvalue weighted by molar-refractivity contribution is 5.91. The van der Waals surface area contributed by atoms with Gasteiger partial charge >= 0.3 is 5.97 Å². The predicted molar refractivity (Wildman–Crippen MR) is 131 cm³/mol. The molecule has 3 rings (SSSR count). The van der Waals surface area contributed by atoms with Crippen LogP contribution in [-0.4, -0.2) is 29.4 Å². The van der Waals surface area contributed by atoms with Crippen molar-refractivity contribution in [3.05, 3.63) is 88.2 Å². The van der Waals surface area contributed by atoms with Crippen molar-refractivity contribution in [3.8, 4) is 11.5 Å². The summed E-state index contributed by atoms with van der Waals surface area (Å²) < 4.78 is 13.1. The Hall–Kier alpha value is -3.51. The minimum absolute atomic E-state index is 0.368. The van der Waals surface area contributed by atoms with Gasteiger partial charge in [-0.2, -0.15) is 0 Å². The van der Waals surface area contributed by atoms with Crippen LogP contribution in [0.1, 0.15) is 50.9 Å². The van der Waals surface area contributed by atoms with E-state index in [9.17, 15) is 9.90 Å². The number of rotatable bonds is 11. The Kier molecular flexibility index (Phi) is 7.96. The van der Waals surface area contributed by atoms with Gasteiger partial charge < -0.3 is 24.5 Å². The number of benzene rings is 2. The van der Waals surface area contributed by atoms with E-state index in [-0.39, 0.29) is 0 Å². The second-order valence-corrected chi connectivity index (χ2v) is 7.88. The number of carbonyl (C=O) groups is 1. The van der Waals surface area contributed by atoms with E-state index in [4.69, 9.17) is 9.47 Å². The number of carboxylic acid groups (broad SMARTS) is 1. The third-order valence-electron chi connectivity index (χ3n) is 5.84. The lowest BCUT2D eigenvalue weighted by atomic mass is 10.1. The highest BCUT2D eigenvalue weighted by Crippen LogP contribution is 2.28. The van der Waals surface area contributed by atoms with Crippen molar-refractivity contribution in [1.82, 2.24) is 9.88 Å². The molecule has 6 heteroatoms. The Balaban J connectivity index is 1.79. The second kappa shape index (κ2) is 10.9. The fourth-order valence-corrected chi connectivity index (χ4v) is 4.06. The van der Waals surface area contributed by atoms with Crippen LogP contribution in [0.3, 0.4) is 0 Å². The lowest BCUT2D eigenvalue weighted by Crippen LogP contribution is -2.15. The van der Waals surface area contributed by atoms with Crippen molar-refractivity contribution in [2.24, 2.45) is 0 Å². The van der Waals surface area contributed by atoms with Crippen molar-refractivity contribution in [3.63, 3.8) is 0 Å². The summed E-state index contributed by atoms with van der Waals surface area (Å²) in [5.41, 5.74) is 6.08. The fourth-order valence-electron chi connectivity index (χ4n) is 4.06. The van der Waals surface area contributed by atoms with Crippen LogP contribution in [0.2, 0.25) is 0 Å². The first kappa shape index (κ1) is 24.1. The van der Waals surface area contributed by atoms with Gasteiger partial charge in [-0.3, -0.25) is 0 Å². The van der Waals surface area contributed by atoms with Crippen LogP contribution >= 0.6 is 0 Å². The van der Waals surface area contributed by atoms with Crippen molar-refractivity contribution >= 4 is 12.0 Å². The van der Waals surface area contributed by atoms with Gasteiger partial charge in [-0.05, 0) is 49.6 Å². The molecule has 0 aliphatic carbocycles. The van der Waals surface area contributed by atoms with Gasteiger partial charge in [0, 0.05) is 36.6 Å². The molecule has 0 spiro atoms. The summed E-state index contributed by atoms with van der Waals surface area (Å²) in [4.78, 5) is 12.1. The molecule has 0 radical (unpaired) electrons. The first-order valence-electron chi connectivity index (χ1n) is 11.0. The Morgan fingerprint density at radius 2 is 1.76 bits per heavy atom. The molecule has 2 aromatic carbocycles. The summed E-state index contributed by atoms with van der Waals surface area (Å²) in [6.45, 7) is 11.8. The number of aromatic carboxylic acids is 1. The average molecular weight is 449 g/mol. The zero-order valence-corrected chi connectivity index (χ0v) is 19.8. The molecule has 1 aromatic heterocycles. The molecule has 0 amide bonds. The van der Waals surface area contributed by atoms with E-state index >= 15 is 0 Å². The van der Waals surface area contributed by atoms with Crippen LogP contribution in [0.15, 0.2) is 49.0 Å². The number of methoxy groups -OCH3 is 1. The fraction of sp³-hybridized carbons (Fsp3) is 0.296. The molecule has 174 valence electrons. The summed E-state index contributed by atoms with van der Waals surface area (Å²) in [6.07, 6.45) is 1.81. The van der Waals surface area contributed by atoms with E-state index in [2.05, 4.69) is 16.5 Å². The van der Waals surface area contributed by atoms with Gasteiger partial charge in [0.25, 0.3) is 0 Å². The maximum atomic E-state index is 12.1. The van der Waals surface area contributed by atoms with Gasteiger partial charge in [-0.15, -0.1) is 0 Å². The molecule has 0 bridgehead atoms. The van der Waals surface area contributed by atoms with Crippen LogP contribution in [-0.2, 0) is 19.6 Å². The monoisotopic (exact) mass is 448 g/mol. The summed E-state index contributed by atoms with van der Waals surface area (Å²) in [5, 5.41) is 13.3. The Labute approximate surface area is 195 Å². The lowest BCUT2D eigenvalue weighted by molar-refractivity contribution is 0.0694. The summed E-state index contributed by atoms with van der Waals surface area (Å²) in [5.74, 6) is 0.487. The number of hydrogen-bond donors (Lipinski definition) is 2. The van der Waals surface area contributed by atoms with Crippen molar-refractivity contribution < 1.29 is 19.4 Å². The summed E-state index contributed by atoms with van der Waals surface area (Å²) in [6, 6.07) is 13.9. The maximum absolute atomic E-state index is 12.1. The number of carboxylic acids is 1. The minimum Gasteiger partial charge on any atom is -0.493 e. The summed E-state index contributed by atoms with van der Waals surface area (Å²) >= 11 is 0. The van der Waals surface area contributed by atoms with Crippen molar-refractivity contribution in [2.45, 2.75) is 40.4 Å². The van der Waals surface area contributed by atoms with Crippen LogP contribution < -0.4 is 14.8 Å². The quantitative estimate of drug-likeness (QED) is 0.422. The molecular formula is C27H32N2O4. The lowest BCUT2D eigenvalue weighted by Gasteiger charge is -2.12. The highest BCUT2D eigenvalue weighted by atomic mass is 16.5. The molecule has 0 aliphatic rings. The van der Waals surface area contributed by atoms with E-state index < -0.39 is 5.97 Å². The predicted octanol–water partition coefficient (Wildman–Crippen LogP) is 5.19. The SMILES string of the molecule is C=Cc1ccc(Cn2c(C)c(CNCc3ccc(OCC)c(OC)c3)c(C(=O)O)c2C)cc1. The number of nitrogens with one attached hydrogen (secondary N) is 1. The average Bonchev–Trinajstić information content (AvgIpc) is 3.05. The van der Waals surface area contributed by atoms with Crippen LogP contribution in [0, 0.1) is 13.8 Å². The van der Waals surface area contributed by atoms with Gasteiger partial charge in [-0.25, -0.2) is 4.79 Å². The van der Waals surface area contributed by atoms with Crippen molar-refractivity contribution in [1.29, 1.82) is 0 Å². The van der Waals surface area contributed by atoms with Crippen molar-refractivity contribution in [2.75, 3.05) is 13.7 Å². The van der Waals surface area contributed by atoms with Gasteiger partial charge in [-0.1, -0.05) is 43.0 Å². The topological polar surface area (TPSA) is 72.7 Å². The molecule has 0 saturated heterocycles. The molecular weight excluding hydrogens is 416 g/mol. The largest absolute Gasteiger partial charge is 0.493 e. The molecule has 0 saturated carbocycles. The van der Waals surface area contributed by atoms with Gasteiger partial charge in [0.2, 0.25) is 0 Å². The Morgan fingerprint density at radius 3 is 2.36 bits per heavy atom. The van der Waals surface area contributed by atoms with E-state index in [0.717, 1.165) is 33.6 Å². The highest BCUT2D eigenvalue weighted by Gasteiger charge is 2.22. The van der Waals surface area contributed by atoms with Gasteiger partial charge in [0.05, 0.1) is 19.3 Å². The molecule has 0 unspecified atom stereocenters. The van der Waals surface area contributed by atoms with E-state index in [1.807, 2.05) is 69.3 Å². The third kappa shape index (κ3) is 5.46. The van der Waals surface area contributed by atoms with Gasteiger partial charge in [0.15, 0.2) is 11.5 Å². The third-order valence-corrected chi connectivity index (χ3v) is 5.84. The molecule has 1 heterocycles. The van der Waals surface area contributed by atoms with E-state index in [0.29, 0.717) is 43.3 Å². The molecule has 0 aliphatic heterocycles. The smallest absolute Gasteiger partial charge is 0.337 e. The second-order valence-electron chi connectivity index (χ2n) is 7.88. The first-order valence-corrected chi connectivity index (χ1v) is 11.0. The molecule has 2 N–H and O–H groups in total. The molecule has 6 nitrogen and oxygen atoms in total. The minimum atomic E-state index is -0.907.